The minimum Gasteiger partial charge on any atom is -0.313 e. The smallest absolute Gasteiger partial charge is 0.155 e. The van der Waals surface area contributed by atoms with Gasteiger partial charge in [-0.1, -0.05) is 0 Å². The van der Waals surface area contributed by atoms with Gasteiger partial charge in [0.05, 0.1) is 11.5 Å². The van der Waals surface area contributed by atoms with Gasteiger partial charge in [-0.2, -0.15) is 0 Å². The molecular weight excluding hydrogens is 122 g/mol. The van der Waals surface area contributed by atoms with E-state index in [1.165, 1.54) is 0 Å². The Labute approximate surface area is 51.4 Å². The normalized spacial score (nSPS) is 24.0. The molecule has 8 heavy (non-hydrogen) atoms. The van der Waals surface area contributed by atoms with Crippen LogP contribution in [0.2, 0.25) is 0 Å². The maximum absolute atomic E-state index is 4.13. The van der Waals surface area contributed by atoms with Gasteiger partial charge in [-0.15, -0.1) is 0 Å². The molecule has 4 heteroatoms. The van der Waals surface area contributed by atoms with Gasteiger partial charge in [0.25, 0.3) is 0 Å². The average molecular weight is 127 g/mol. The lowest BCUT2D eigenvalue weighted by Crippen LogP contribution is -2.13. The molecule has 1 fully saturated rings. The predicted molar refractivity (Wildman–Crippen MR) is 35.3 cm³/mol. The minimum atomic E-state index is 0.637. The summed E-state index contributed by atoms with van der Waals surface area (Å²) in [5, 5.41) is 0. The van der Waals surface area contributed by atoms with Gasteiger partial charge < -0.3 is 4.72 Å². The van der Waals surface area contributed by atoms with Gasteiger partial charge in [0.2, 0.25) is 0 Å². The van der Waals surface area contributed by atoms with Crippen molar-refractivity contribution in [3.63, 3.8) is 0 Å². The summed E-state index contributed by atoms with van der Waals surface area (Å²) >= 11 is 1.65. The van der Waals surface area contributed by atoms with Crippen LogP contribution in [-0.2, 0) is 0 Å². The van der Waals surface area contributed by atoms with Crippen molar-refractivity contribution in [2.24, 2.45) is 9.98 Å². The molecule has 0 aromatic carbocycles. The lowest BCUT2D eigenvalue weighted by molar-refractivity contribution is 1.09. The fourth-order valence-electron chi connectivity index (χ4n) is 0.736. The van der Waals surface area contributed by atoms with Crippen LogP contribution in [0.25, 0.3) is 0 Å². The summed E-state index contributed by atoms with van der Waals surface area (Å²) in [6.07, 6.45) is 0. The van der Waals surface area contributed by atoms with Crippen molar-refractivity contribution in [3.8, 4) is 0 Å². The summed E-state index contributed by atoms with van der Waals surface area (Å²) in [6.45, 7) is 0.637. The zero-order chi connectivity index (χ0) is 5.40. The van der Waals surface area contributed by atoms with Gasteiger partial charge in [0.15, 0.2) is 5.84 Å². The highest BCUT2D eigenvalue weighted by Gasteiger charge is 2.19. The molecule has 0 amide bonds. The molecule has 2 aliphatic rings. The van der Waals surface area contributed by atoms with Crippen molar-refractivity contribution in [2.75, 3.05) is 12.4 Å². The predicted octanol–water partition coefficient (Wildman–Crippen LogP) is 0.0484. The summed E-state index contributed by atoms with van der Waals surface area (Å²) in [7, 11) is 0. The highest BCUT2D eigenvalue weighted by molar-refractivity contribution is 7.99. The lowest BCUT2D eigenvalue weighted by Gasteiger charge is -1.84. The molecule has 0 spiro atoms. The third-order valence-corrected chi connectivity index (χ3v) is 1.90. The lowest BCUT2D eigenvalue weighted by atomic mass is 10.4. The van der Waals surface area contributed by atoms with E-state index in [0.717, 1.165) is 17.3 Å². The first-order chi connectivity index (χ1) is 3.97. The fraction of sp³-hybridized carbons (Fsp3) is 0.500. The van der Waals surface area contributed by atoms with Crippen molar-refractivity contribution in [1.29, 1.82) is 0 Å². The molecule has 0 aromatic heterocycles. The topological polar surface area (TPSA) is 36.8 Å². The number of aliphatic imine (C=N–C) groups is 2. The number of nitrogens with one attached hydrogen (secondary N) is 1. The summed E-state index contributed by atoms with van der Waals surface area (Å²) in [5.41, 5.74) is 1.13. The molecule has 0 unspecified atom stereocenters. The second-order valence-corrected chi connectivity index (χ2v) is 2.43. The Hall–Kier alpha value is -0.510. The minimum absolute atomic E-state index is 0.637. The molecule has 0 aliphatic carbocycles. The van der Waals surface area contributed by atoms with Crippen LogP contribution in [0.5, 0.6) is 0 Å². The molecule has 0 radical (unpaired) electrons. The van der Waals surface area contributed by atoms with E-state index in [-0.39, 0.29) is 0 Å². The molecule has 0 atom stereocenters. The van der Waals surface area contributed by atoms with Crippen LogP contribution < -0.4 is 4.72 Å². The Morgan fingerprint density at radius 1 is 1.50 bits per heavy atom. The van der Waals surface area contributed by atoms with Crippen LogP contribution in [0.15, 0.2) is 9.98 Å². The summed E-state index contributed by atoms with van der Waals surface area (Å²) < 4.78 is 3.05. The molecule has 2 rings (SSSR count). The summed E-state index contributed by atoms with van der Waals surface area (Å²) in [6, 6.07) is 0. The number of hydrogen-bond donors (Lipinski definition) is 1. The molecule has 2 heterocycles. The molecule has 2 aliphatic heterocycles. The van der Waals surface area contributed by atoms with Crippen LogP contribution in [0, 0.1) is 0 Å². The molecule has 1 saturated heterocycles. The Morgan fingerprint density at radius 3 is 3.38 bits per heavy atom. The molecular formula is C4H5N3S. The second-order valence-electron chi connectivity index (χ2n) is 1.64. The first-order valence-corrected chi connectivity index (χ1v) is 3.41. The maximum atomic E-state index is 4.13. The highest BCUT2D eigenvalue weighted by atomic mass is 32.2. The third-order valence-electron chi connectivity index (χ3n) is 1.14. The van der Waals surface area contributed by atoms with Crippen LogP contribution in [0.3, 0.4) is 0 Å². The Morgan fingerprint density at radius 2 is 2.50 bits per heavy atom. The van der Waals surface area contributed by atoms with Crippen LogP contribution in [0.1, 0.15) is 0 Å². The zero-order valence-electron chi connectivity index (χ0n) is 4.22. The maximum Gasteiger partial charge on any atom is 0.155 e. The number of nitrogens with zero attached hydrogens (tertiary/aromatic N) is 2. The van der Waals surface area contributed by atoms with Crippen LogP contribution in [-0.4, -0.2) is 24.0 Å². The van der Waals surface area contributed by atoms with Gasteiger partial charge >= 0.3 is 0 Å². The van der Waals surface area contributed by atoms with E-state index in [2.05, 4.69) is 14.7 Å². The van der Waals surface area contributed by atoms with Crippen molar-refractivity contribution in [2.45, 2.75) is 0 Å². The SMILES string of the molecule is C1N=C2CSNC2=N1. The monoisotopic (exact) mass is 127 g/mol. The van der Waals surface area contributed by atoms with Crippen molar-refractivity contribution >= 4 is 23.5 Å². The van der Waals surface area contributed by atoms with E-state index in [0.29, 0.717) is 6.67 Å². The van der Waals surface area contributed by atoms with E-state index in [1.807, 2.05) is 0 Å². The van der Waals surface area contributed by atoms with E-state index in [9.17, 15) is 0 Å². The number of rotatable bonds is 0. The summed E-state index contributed by atoms with van der Waals surface area (Å²) in [4.78, 5) is 8.21. The van der Waals surface area contributed by atoms with Crippen LogP contribution in [0.4, 0.5) is 0 Å². The van der Waals surface area contributed by atoms with E-state index >= 15 is 0 Å². The third kappa shape index (κ3) is 0.461. The van der Waals surface area contributed by atoms with Crippen LogP contribution >= 0.6 is 11.9 Å². The quantitative estimate of drug-likeness (QED) is 0.467. The summed E-state index contributed by atoms with van der Waals surface area (Å²) in [5.74, 6) is 1.98. The fourth-order valence-corrected chi connectivity index (χ4v) is 1.49. The largest absolute Gasteiger partial charge is 0.313 e. The first-order valence-electron chi connectivity index (χ1n) is 2.43. The van der Waals surface area contributed by atoms with Gasteiger partial charge in [-0.3, -0.25) is 4.99 Å². The number of hydrogen-bond acceptors (Lipinski definition) is 4. The van der Waals surface area contributed by atoms with E-state index in [4.69, 9.17) is 0 Å². The number of fused-ring (bicyclic) bond motifs is 1. The van der Waals surface area contributed by atoms with Crippen molar-refractivity contribution < 1.29 is 0 Å². The van der Waals surface area contributed by atoms with Gasteiger partial charge in [-0.25, -0.2) is 4.99 Å². The molecule has 0 aromatic rings. The Bertz CT molecular complexity index is 154. The number of amidine groups is 1. The molecule has 1 N–H and O–H groups in total. The van der Waals surface area contributed by atoms with E-state index < -0.39 is 0 Å². The highest BCUT2D eigenvalue weighted by Crippen LogP contribution is 2.09. The zero-order valence-corrected chi connectivity index (χ0v) is 5.03. The van der Waals surface area contributed by atoms with E-state index in [1.54, 1.807) is 11.9 Å². The van der Waals surface area contributed by atoms with Crippen molar-refractivity contribution in [3.05, 3.63) is 0 Å². The standard InChI is InChI=1S/C4H5N3S/c1-3-4(7-8-1)6-2-5-3/h1-2H2,(H,6,7). The Balaban J connectivity index is 2.37. The Kier molecular flexibility index (Phi) is 0.811. The van der Waals surface area contributed by atoms with Crippen molar-refractivity contribution in [1.82, 2.24) is 4.72 Å². The van der Waals surface area contributed by atoms with Gasteiger partial charge in [-0.05, 0) is 11.9 Å². The van der Waals surface area contributed by atoms with Gasteiger partial charge in [0.1, 0.15) is 6.67 Å². The average Bonchev–Trinajstić information content (AvgIpc) is 2.15. The molecule has 3 nitrogen and oxygen atoms in total. The molecule has 0 bridgehead atoms. The molecule has 0 saturated carbocycles. The second kappa shape index (κ2) is 1.48. The molecule has 42 valence electrons. The van der Waals surface area contributed by atoms with Gasteiger partial charge in [0, 0.05) is 0 Å². The first kappa shape index (κ1) is 4.38.